The molecule has 33 heavy (non-hydrogen) atoms. The fourth-order valence-corrected chi connectivity index (χ4v) is 4.75. The van der Waals surface area contributed by atoms with Gasteiger partial charge in [0.1, 0.15) is 10.6 Å². The highest BCUT2D eigenvalue weighted by Gasteiger charge is 2.40. The van der Waals surface area contributed by atoms with Crippen molar-refractivity contribution in [1.29, 1.82) is 0 Å². The maximum Gasteiger partial charge on any atom is 0.283 e. The summed E-state index contributed by atoms with van der Waals surface area (Å²) >= 11 is 7.57. The lowest BCUT2D eigenvalue weighted by atomic mass is 10.1. The van der Waals surface area contributed by atoms with Gasteiger partial charge in [-0.3, -0.25) is 9.59 Å². The van der Waals surface area contributed by atoms with Crippen molar-refractivity contribution in [1.82, 2.24) is 0 Å². The first-order valence-corrected chi connectivity index (χ1v) is 12.2. The van der Waals surface area contributed by atoms with E-state index in [1.807, 2.05) is 73.7 Å². The molecule has 4 nitrogen and oxygen atoms in total. The number of hydrogen-bond acceptors (Lipinski definition) is 4. The molecule has 0 fully saturated rings. The van der Waals surface area contributed by atoms with Crippen LogP contribution in [0.15, 0.2) is 88.3 Å². The van der Waals surface area contributed by atoms with Gasteiger partial charge < -0.3 is 5.32 Å². The third kappa shape index (κ3) is 5.00. The molecule has 0 atom stereocenters. The summed E-state index contributed by atoms with van der Waals surface area (Å²) in [4.78, 5) is 29.5. The summed E-state index contributed by atoms with van der Waals surface area (Å²) in [7, 11) is 0. The van der Waals surface area contributed by atoms with Gasteiger partial charge in [0, 0.05) is 15.6 Å². The largest absolute Gasteiger partial charge is 0.350 e. The summed E-state index contributed by atoms with van der Waals surface area (Å²) in [6, 6.07) is 22.7. The van der Waals surface area contributed by atoms with Crippen molar-refractivity contribution in [3.63, 3.8) is 0 Å². The van der Waals surface area contributed by atoms with Crippen molar-refractivity contribution >= 4 is 46.6 Å². The van der Waals surface area contributed by atoms with Gasteiger partial charge in [0.15, 0.2) is 0 Å². The third-order valence-corrected chi connectivity index (χ3v) is 7.05. The van der Waals surface area contributed by atoms with Gasteiger partial charge in [0.25, 0.3) is 11.8 Å². The predicted octanol–water partition coefficient (Wildman–Crippen LogP) is 6.98. The third-order valence-electron chi connectivity index (χ3n) is 5.55. The van der Waals surface area contributed by atoms with Crippen molar-refractivity contribution in [2.45, 2.75) is 38.0 Å². The maximum absolute atomic E-state index is 13.5. The number of benzene rings is 3. The number of aryl methyl sites for hydroxylation is 1. The Hall–Kier alpha value is -3.02. The van der Waals surface area contributed by atoms with E-state index < -0.39 is 0 Å². The monoisotopic (exact) mass is 476 g/mol. The lowest BCUT2D eigenvalue weighted by molar-refractivity contribution is -0.120. The number of nitrogens with one attached hydrogen (secondary N) is 1. The molecule has 0 radical (unpaired) electrons. The fourth-order valence-electron chi connectivity index (χ4n) is 3.63. The van der Waals surface area contributed by atoms with E-state index in [0.717, 1.165) is 29.7 Å². The Balaban J connectivity index is 1.70. The Morgan fingerprint density at radius 2 is 1.64 bits per heavy atom. The number of unbranched alkanes of at least 4 members (excludes halogenated alkanes) is 1. The zero-order valence-electron chi connectivity index (χ0n) is 18.6. The van der Waals surface area contributed by atoms with Crippen LogP contribution in [-0.4, -0.2) is 11.8 Å². The van der Waals surface area contributed by atoms with Gasteiger partial charge in [-0.05, 0) is 67.3 Å². The lowest BCUT2D eigenvalue weighted by Crippen LogP contribution is -2.32. The van der Waals surface area contributed by atoms with Crippen LogP contribution in [0.2, 0.25) is 5.02 Å². The minimum absolute atomic E-state index is 0.259. The Morgan fingerprint density at radius 3 is 2.33 bits per heavy atom. The molecule has 0 spiro atoms. The van der Waals surface area contributed by atoms with Gasteiger partial charge >= 0.3 is 0 Å². The SMILES string of the molecule is CCCCc1ccc(N2C(=O)C(Nc3cccc(Cl)c3C)=C(Sc3ccccc3)C2=O)cc1. The number of halogens is 1. The highest BCUT2D eigenvalue weighted by Crippen LogP contribution is 2.38. The summed E-state index contributed by atoms with van der Waals surface area (Å²) in [5.41, 5.74) is 3.53. The smallest absolute Gasteiger partial charge is 0.283 e. The van der Waals surface area contributed by atoms with Crippen LogP contribution in [0, 0.1) is 6.92 Å². The van der Waals surface area contributed by atoms with Gasteiger partial charge in [-0.2, -0.15) is 0 Å². The molecule has 3 aromatic carbocycles. The Bertz CT molecular complexity index is 1210. The Morgan fingerprint density at radius 1 is 0.909 bits per heavy atom. The number of anilines is 2. The molecular weight excluding hydrogens is 452 g/mol. The molecule has 1 aliphatic heterocycles. The summed E-state index contributed by atoms with van der Waals surface area (Å²) < 4.78 is 0. The molecule has 4 rings (SSSR count). The van der Waals surface area contributed by atoms with E-state index in [0.29, 0.717) is 21.3 Å². The topological polar surface area (TPSA) is 49.4 Å². The molecule has 6 heteroatoms. The van der Waals surface area contributed by atoms with Crippen molar-refractivity contribution < 1.29 is 9.59 Å². The first-order chi connectivity index (χ1) is 16.0. The highest BCUT2D eigenvalue weighted by molar-refractivity contribution is 8.04. The number of amides is 2. The number of hydrogen-bond donors (Lipinski definition) is 1. The normalized spacial score (nSPS) is 13.7. The van der Waals surface area contributed by atoms with Crippen LogP contribution in [0.1, 0.15) is 30.9 Å². The summed E-state index contributed by atoms with van der Waals surface area (Å²) in [6.45, 7) is 4.03. The molecule has 2 amide bonds. The van der Waals surface area contributed by atoms with E-state index in [2.05, 4.69) is 12.2 Å². The van der Waals surface area contributed by atoms with Crippen molar-refractivity contribution in [3.05, 3.63) is 99.5 Å². The molecular formula is C27H25ClN2O2S. The van der Waals surface area contributed by atoms with Gasteiger partial charge in [0.05, 0.1) is 5.69 Å². The van der Waals surface area contributed by atoms with E-state index in [-0.39, 0.29) is 17.5 Å². The average molecular weight is 477 g/mol. The molecule has 0 unspecified atom stereocenters. The standard InChI is InChI=1S/C27H25ClN2O2S/c1-3-4-9-19-14-16-20(17-15-19)30-26(31)24(29-23-13-8-12-22(28)18(23)2)25(27(30)32)33-21-10-6-5-7-11-21/h5-8,10-17,29H,3-4,9H2,1-2H3. The van der Waals surface area contributed by atoms with Crippen molar-refractivity contribution in [2.75, 3.05) is 10.2 Å². The average Bonchev–Trinajstić information content (AvgIpc) is 3.05. The second-order valence-electron chi connectivity index (χ2n) is 7.87. The number of nitrogens with zero attached hydrogens (tertiary/aromatic N) is 1. The molecule has 1 N–H and O–H groups in total. The molecule has 0 bridgehead atoms. The van der Waals surface area contributed by atoms with E-state index in [1.54, 1.807) is 6.07 Å². The first kappa shape index (κ1) is 23.1. The minimum atomic E-state index is -0.376. The highest BCUT2D eigenvalue weighted by atomic mass is 35.5. The molecule has 0 aliphatic carbocycles. The van der Waals surface area contributed by atoms with Crippen LogP contribution in [0.5, 0.6) is 0 Å². The molecule has 0 saturated heterocycles. The zero-order valence-corrected chi connectivity index (χ0v) is 20.2. The Labute approximate surface area is 203 Å². The number of carbonyl (C=O) groups is 2. The summed E-state index contributed by atoms with van der Waals surface area (Å²) in [5.74, 6) is -0.712. The van der Waals surface area contributed by atoms with Crippen LogP contribution in [0.4, 0.5) is 11.4 Å². The molecule has 1 heterocycles. The summed E-state index contributed by atoms with van der Waals surface area (Å²) in [6.07, 6.45) is 3.20. The van der Waals surface area contributed by atoms with Crippen LogP contribution in [-0.2, 0) is 16.0 Å². The van der Waals surface area contributed by atoms with E-state index >= 15 is 0 Å². The van der Waals surface area contributed by atoms with Gasteiger partial charge in [-0.15, -0.1) is 0 Å². The second kappa shape index (κ2) is 10.3. The van der Waals surface area contributed by atoms with Crippen molar-refractivity contribution in [3.8, 4) is 0 Å². The van der Waals surface area contributed by atoms with Gasteiger partial charge in [-0.1, -0.05) is 73.1 Å². The molecule has 3 aromatic rings. The van der Waals surface area contributed by atoms with Crippen LogP contribution in [0.25, 0.3) is 0 Å². The van der Waals surface area contributed by atoms with Gasteiger partial charge in [0.2, 0.25) is 0 Å². The minimum Gasteiger partial charge on any atom is -0.350 e. The fraction of sp³-hybridized carbons (Fsp3) is 0.185. The first-order valence-electron chi connectivity index (χ1n) is 11.0. The second-order valence-corrected chi connectivity index (χ2v) is 9.36. The van der Waals surface area contributed by atoms with E-state index in [4.69, 9.17) is 11.6 Å². The van der Waals surface area contributed by atoms with E-state index in [1.165, 1.54) is 22.2 Å². The van der Waals surface area contributed by atoms with Gasteiger partial charge in [-0.25, -0.2) is 4.90 Å². The number of carbonyl (C=O) groups excluding carboxylic acids is 2. The quantitative estimate of drug-likeness (QED) is 0.356. The number of rotatable bonds is 8. The molecule has 0 aromatic heterocycles. The summed E-state index contributed by atoms with van der Waals surface area (Å²) in [5, 5.41) is 3.79. The molecule has 168 valence electrons. The molecule has 0 saturated carbocycles. The van der Waals surface area contributed by atoms with Crippen molar-refractivity contribution in [2.24, 2.45) is 0 Å². The van der Waals surface area contributed by atoms with Crippen LogP contribution in [0.3, 0.4) is 0 Å². The Kier molecular flexibility index (Phi) is 7.21. The van der Waals surface area contributed by atoms with Crippen LogP contribution < -0.4 is 10.2 Å². The number of thioether (sulfide) groups is 1. The van der Waals surface area contributed by atoms with Crippen LogP contribution >= 0.6 is 23.4 Å². The predicted molar refractivity (Wildman–Crippen MR) is 137 cm³/mol. The maximum atomic E-state index is 13.5. The zero-order chi connectivity index (χ0) is 23.4. The molecule has 1 aliphatic rings. The lowest BCUT2D eigenvalue weighted by Gasteiger charge is -2.16. The number of imide groups is 1. The van der Waals surface area contributed by atoms with E-state index in [9.17, 15) is 9.59 Å².